The minimum atomic E-state index is 1.08. The van der Waals surface area contributed by atoms with Gasteiger partial charge in [0.05, 0.1) is 5.69 Å². The van der Waals surface area contributed by atoms with E-state index in [4.69, 9.17) is 0 Å². The predicted molar refractivity (Wildman–Crippen MR) is 69.6 cm³/mol. The summed E-state index contributed by atoms with van der Waals surface area (Å²) in [5.74, 6) is 0. The van der Waals surface area contributed by atoms with Crippen LogP contribution in [-0.2, 0) is 0 Å². The van der Waals surface area contributed by atoms with Crippen molar-refractivity contribution in [3.05, 3.63) is 72.9 Å². The van der Waals surface area contributed by atoms with Crippen molar-refractivity contribution >= 4 is 16.6 Å². The van der Waals surface area contributed by atoms with Crippen molar-refractivity contribution in [1.82, 2.24) is 0 Å². The van der Waals surface area contributed by atoms with Crippen LogP contribution >= 0.6 is 0 Å². The van der Waals surface area contributed by atoms with Gasteiger partial charge in [0.25, 0.3) is 0 Å². The number of nitrogens with one attached hydrogen (secondary N) is 1. The summed E-state index contributed by atoms with van der Waals surface area (Å²) < 4.78 is 2.03. The monoisotopic (exact) mass is 221 g/mol. The van der Waals surface area contributed by atoms with Crippen molar-refractivity contribution in [2.24, 2.45) is 0 Å². The zero-order valence-corrected chi connectivity index (χ0v) is 9.38. The maximum absolute atomic E-state index is 3.36. The molecule has 0 aliphatic rings. The molecule has 3 aromatic rings. The van der Waals surface area contributed by atoms with Crippen LogP contribution in [0, 0.1) is 0 Å². The number of benzene rings is 2. The van der Waals surface area contributed by atoms with Gasteiger partial charge in [-0.25, -0.2) is 0 Å². The van der Waals surface area contributed by atoms with Crippen molar-refractivity contribution in [1.29, 1.82) is 0 Å². The minimum Gasteiger partial charge on any atom is -0.160 e. The topological polar surface area (TPSA) is 15.9 Å². The average molecular weight is 221 g/mol. The molecule has 1 N–H and O–H groups in total. The van der Waals surface area contributed by atoms with E-state index in [1.54, 1.807) is 0 Å². The number of fused-ring (bicyclic) bond motifs is 1. The molecule has 0 fully saturated rings. The molecule has 0 spiro atoms. The highest BCUT2D eigenvalue weighted by Crippen LogP contribution is 2.09. The molecule has 3 rings (SSSR count). The van der Waals surface area contributed by atoms with Crippen LogP contribution in [0.15, 0.2) is 72.9 Å². The molecule has 0 saturated heterocycles. The van der Waals surface area contributed by atoms with Gasteiger partial charge in [-0.3, -0.25) is 0 Å². The molecule has 0 bridgehead atoms. The van der Waals surface area contributed by atoms with E-state index in [0.717, 1.165) is 5.69 Å². The second-order valence-electron chi connectivity index (χ2n) is 3.91. The Morgan fingerprint density at radius 3 is 2.29 bits per heavy atom. The second kappa shape index (κ2) is 4.26. The molecule has 2 aromatic carbocycles. The van der Waals surface area contributed by atoms with Gasteiger partial charge in [0.15, 0.2) is 0 Å². The number of pyridine rings is 1. The van der Waals surface area contributed by atoms with Crippen LogP contribution in [0.2, 0.25) is 0 Å². The Morgan fingerprint density at radius 2 is 1.41 bits per heavy atom. The van der Waals surface area contributed by atoms with Crippen LogP contribution in [0.25, 0.3) is 10.9 Å². The Kier molecular flexibility index (Phi) is 2.47. The van der Waals surface area contributed by atoms with E-state index < -0.39 is 0 Å². The summed E-state index contributed by atoms with van der Waals surface area (Å²) in [6.45, 7) is 0. The maximum atomic E-state index is 3.36. The van der Waals surface area contributed by atoms with Gasteiger partial charge in [-0.2, -0.15) is 5.43 Å². The first-order valence-corrected chi connectivity index (χ1v) is 5.65. The van der Waals surface area contributed by atoms with Crippen LogP contribution < -0.4 is 10.1 Å². The summed E-state index contributed by atoms with van der Waals surface area (Å²) in [5.41, 5.74) is 5.61. The number of hydrogen-bond donors (Lipinski definition) is 1. The molecule has 82 valence electrons. The lowest BCUT2D eigenvalue weighted by Crippen LogP contribution is -2.42. The highest BCUT2D eigenvalue weighted by atomic mass is 15.4. The number of rotatable bonds is 2. The zero-order chi connectivity index (χ0) is 11.5. The zero-order valence-electron chi connectivity index (χ0n) is 9.38. The first-order chi connectivity index (χ1) is 8.43. The fourth-order valence-corrected chi connectivity index (χ4v) is 1.91. The average Bonchev–Trinajstić information content (AvgIpc) is 2.40. The summed E-state index contributed by atoms with van der Waals surface area (Å²) in [4.78, 5) is 0. The Morgan fingerprint density at radius 1 is 0.706 bits per heavy atom. The molecule has 0 unspecified atom stereocenters. The Labute approximate surface area is 100 Å². The molecule has 17 heavy (non-hydrogen) atoms. The van der Waals surface area contributed by atoms with Gasteiger partial charge in [-0.05, 0) is 24.3 Å². The van der Waals surface area contributed by atoms with Crippen molar-refractivity contribution in [3.8, 4) is 0 Å². The molecule has 0 atom stereocenters. The molecule has 0 saturated carbocycles. The number of nitrogens with zero attached hydrogens (tertiary/aromatic N) is 1. The lowest BCUT2D eigenvalue weighted by molar-refractivity contribution is -0.615. The molecule has 1 heterocycles. The second-order valence-corrected chi connectivity index (χ2v) is 3.91. The molecule has 1 aromatic heterocycles. The lowest BCUT2D eigenvalue weighted by atomic mass is 10.2. The Balaban J connectivity index is 2.06. The lowest BCUT2D eigenvalue weighted by Gasteiger charge is -2.02. The van der Waals surface area contributed by atoms with E-state index in [0.29, 0.717) is 0 Å². The summed E-state index contributed by atoms with van der Waals surface area (Å²) in [5, 5.41) is 1.22. The van der Waals surface area contributed by atoms with Gasteiger partial charge in [0, 0.05) is 17.5 Å². The first kappa shape index (κ1) is 9.85. The highest BCUT2D eigenvalue weighted by molar-refractivity contribution is 5.75. The fraction of sp³-hybridized carbons (Fsp3) is 0. The smallest absolute Gasteiger partial charge is 0.160 e. The number of anilines is 1. The predicted octanol–water partition coefficient (Wildman–Crippen LogP) is 3.00. The summed E-state index contributed by atoms with van der Waals surface area (Å²) in [6.07, 6.45) is 2.02. The summed E-state index contributed by atoms with van der Waals surface area (Å²) >= 11 is 0. The molecule has 0 aliphatic heterocycles. The number of aromatic nitrogens is 1. The van der Waals surface area contributed by atoms with Gasteiger partial charge in [0.1, 0.15) is 0 Å². The highest BCUT2D eigenvalue weighted by Gasteiger charge is 2.06. The van der Waals surface area contributed by atoms with Gasteiger partial charge in [-0.15, -0.1) is 0 Å². The van der Waals surface area contributed by atoms with Crippen LogP contribution in [0.1, 0.15) is 0 Å². The standard InChI is InChI=1S/C15H13N2/c1-2-9-14(10-3-1)16-17-12-6-8-13-7-4-5-11-15(13)17/h1-12,16H/q+1. The van der Waals surface area contributed by atoms with E-state index in [2.05, 4.69) is 41.8 Å². The quantitative estimate of drug-likeness (QED) is 0.658. The van der Waals surface area contributed by atoms with E-state index in [1.165, 1.54) is 10.9 Å². The van der Waals surface area contributed by atoms with Crippen LogP contribution in [0.4, 0.5) is 5.69 Å². The van der Waals surface area contributed by atoms with Crippen molar-refractivity contribution in [3.63, 3.8) is 0 Å². The molecular weight excluding hydrogens is 208 g/mol. The van der Waals surface area contributed by atoms with Crippen LogP contribution in [0.3, 0.4) is 0 Å². The number of para-hydroxylation sites is 2. The molecular formula is C15H13N2+. The van der Waals surface area contributed by atoms with Crippen LogP contribution in [-0.4, -0.2) is 0 Å². The van der Waals surface area contributed by atoms with E-state index in [1.807, 2.05) is 41.2 Å². The maximum Gasteiger partial charge on any atom is 0.242 e. The number of hydrogen-bond acceptors (Lipinski definition) is 1. The molecule has 2 heteroatoms. The van der Waals surface area contributed by atoms with Gasteiger partial charge in [0.2, 0.25) is 11.7 Å². The summed E-state index contributed by atoms with van der Waals surface area (Å²) in [7, 11) is 0. The van der Waals surface area contributed by atoms with Gasteiger partial charge < -0.3 is 0 Å². The molecule has 0 radical (unpaired) electrons. The molecule has 0 amide bonds. The first-order valence-electron chi connectivity index (χ1n) is 5.65. The van der Waals surface area contributed by atoms with Gasteiger partial charge >= 0.3 is 0 Å². The SMILES string of the molecule is c1ccc(N[n+]2cccc3ccccc32)cc1. The van der Waals surface area contributed by atoms with Crippen molar-refractivity contribution in [2.75, 3.05) is 5.43 Å². The molecule has 0 aliphatic carbocycles. The summed E-state index contributed by atoms with van der Waals surface area (Å²) in [6, 6.07) is 22.6. The third-order valence-electron chi connectivity index (χ3n) is 2.73. The molecule has 2 nitrogen and oxygen atoms in total. The van der Waals surface area contributed by atoms with E-state index in [9.17, 15) is 0 Å². The largest absolute Gasteiger partial charge is 0.242 e. The van der Waals surface area contributed by atoms with E-state index in [-0.39, 0.29) is 0 Å². The van der Waals surface area contributed by atoms with Crippen LogP contribution in [0.5, 0.6) is 0 Å². The Hall–Kier alpha value is -2.35. The fourth-order valence-electron chi connectivity index (χ4n) is 1.91. The third kappa shape index (κ3) is 1.97. The van der Waals surface area contributed by atoms with E-state index >= 15 is 0 Å². The minimum absolute atomic E-state index is 1.08. The normalized spacial score (nSPS) is 10.4. The van der Waals surface area contributed by atoms with Gasteiger partial charge in [-0.1, -0.05) is 35.0 Å². The van der Waals surface area contributed by atoms with Crippen molar-refractivity contribution < 1.29 is 4.68 Å². The third-order valence-corrected chi connectivity index (χ3v) is 2.73. The Bertz CT molecular complexity index is 627. The van der Waals surface area contributed by atoms with Crippen molar-refractivity contribution in [2.45, 2.75) is 0 Å².